The molecule has 0 aliphatic heterocycles. The lowest BCUT2D eigenvalue weighted by molar-refractivity contribution is 0.207. The maximum Gasteiger partial charge on any atom is 0.167 e. The van der Waals surface area contributed by atoms with E-state index in [1.165, 1.54) is 6.07 Å². The summed E-state index contributed by atoms with van der Waals surface area (Å²) in [5.74, 6) is -1.32. The molecule has 0 saturated heterocycles. The zero-order chi connectivity index (χ0) is 12.7. The average Bonchev–Trinajstić information content (AvgIpc) is 2.30. The summed E-state index contributed by atoms with van der Waals surface area (Å²) in [5, 5.41) is 12.1. The monoisotopic (exact) mass is 245 g/mol. The first-order chi connectivity index (χ1) is 8.17. The van der Waals surface area contributed by atoms with Crippen molar-refractivity contribution in [2.45, 2.75) is 19.4 Å². The quantitative estimate of drug-likeness (QED) is 0.768. The van der Waals surface area contributed by atoms with Crippen LogP contribution in [0, 0.1) is 11.6 Å². The van der Waals surface area contributed by atoms with E-state index in [9.17, 15) is 8.78 Å². The summed E-state index contributed by atoms with van der Waals surface area (Å²) in [6.45, 7) is 2.95. The van der Waals surface area contributed by atoms with Crippen molar-refractivity contribution in [2.75, 3.05) is 19.8 Å². The van der Waals surface area contributed by atoms with Crippen LogP contribution in [-0.4, -0.2) is 30.9 Å². The second-order valence-electron chi connectivity index (χ2n) is 3.65. The number of benzene rings is 1. The van der Waals surface area contributed by atoms with Crippen LogP contribution >= 0.6 is 0 Å². The molecule has 0 heterocycles. The number of ether oxygens (including phenoxy) is 1. The van der Waals surface area contributed by atoms with Crippen molar-refractivity contribution in [2.24, 2.45) is 0 Å². The Morgan fingerprint density at radius 3 is 2.76 bits per heavy atom. The minimum absolute atomic E-state index is 0.00308. The highest BCUT2D eigenvalue weighted by atomic mass is 19.1. The van der Waals surface area contributed by atoms with Crippen LogP contribution in [0.25, 0.3) is 0 Å². The maximum atomic E-state index is 13.2. The first-order valence-corrected chi connectivity index (χ1v) is 5.59. The van der Waals surface area contributed by atoms with Gasteiger partial charge in [0.05, 0.1) is 13.2 Å². The van der Waals surface area contributed by atoms with Gasteiger partial charge in [0.1, 0.15) is 5.82 Å². The van der Waals surface area contributed by atoms with Crippen LogP contribution in [-0.2, 0) is 0 Å². The standard InChI is InChI=1S/C12H17F2NO2/c1-2-15-10(8-16)5-6-17-12-4-3-9(13)7-11(12)14/h3-4,7,10,15-16H,2,5-6,8H2,1H3. The summed E-state index contributed by atoms with van der Waals surface area (Å²) < 4.78 is 31.0. The van der Waals surface area contributed by atoms with Crippen molar-refractivity contribution in [3.63, 3.8) is 0 Å². The molecule has 0 aliphatic rings. The lowest BCUT2D eigenvalue weighted by Crippen LogP contribution is -2.33. The number of aliphatic hydroxyl groups excluding tert-OH is 1. The topological polar surface area (TPSA) is 41.5 Å². The van der Waals surface area contributed by atoms with Gasteiger partial charge < -0.3 is 15.2 Å². The van der Waals surface area contributed by atoms with E-state index in [0.717, 1.165) is 18.7 Å². The Hall–Kier alpha value is -1.20. The van der Waals surface area contributed by atoms with Gasteiger partial charge in [0.15, 0.2) is 11.6 Å². The predicted octanol–water partition coefficient (Wildman–Crippen LogP) is 1.70. The van der Waals surface area contributed by atoms with E-state index in [0.29, 0.717) is 6.42 Å². The van der Waals surface area contributed by atoms with Crippen LogP contribution in [0.1, 0.15) is 13.3 Å². The van der Waals surface area contributed by atoms with Gasteiger partial charge in [-0.15, -0.1) is 0 Å². The summed E-state index contributed by atoms with van der Waals surface area (Å²) >= 11 is 0. The van der Waals surface area contributed by atoms with Gasteiger partial charge in [-0.05, 0) is 25.1 Å². The van der Waals surface area contributed by atoms with Crippen molar-refractivity contribution in [3.8, 4) is 5.75 Å². The molecule has 2 N–H and O–H groups in total. The number of rotatable bonds is 7. The molecule has 5 heteroatoms. The van der Waals surface area contributed by atoms with Gasteiger partial charge >= 0.3 is 0 Å². The zero-order valence-corrected chi connectivity index (χ0v) is 9.75. The zero-order valence-electron chi connectivity index (χ0n) is 9.75. The fraction of sp³-hybridized carbons (Fsp3) is 0.500. The summed E-state index contributed by atoms with van der Waals surface area (Å²) in [7, 11) is 0. The third kappa shape index (κ3) is 4.66. The summed E-state index contributed by atoms with van der Waals surface area (Å²) in [4.78, 5) is 0. The molecule has 0 fully saturated rings. The minimum atomic E-state index is -0.714. The molecule has 0 amide bonds. The van der Waals surface area contributed by atoms with Gasteiger partial charge in [-0.2, -0.15) is 0 Å². The molecule has 0 radical (unpaired) electrons. The fourth-order valence-corrected chi connectivity index (χ4v) is 1.45. The van der Waals surface area contributed by atoms with Crippen LogP contribution in [0.5, 0.6) is 5.75 Å². The maximum absolute atomic E-state index is 13.2. The second kappa shape index (κ2) is 7.19. The van der Waals surface area contributed by atoms with Gasteiger partial charge in [-0.25, -0.2) is 8.78 Å². The van der Waals surface area contributed by atoms with E-state index >= 15 is 0 Å². The number of hydrogen-bond donors (Lipinski definition) is 2. The van der Waals surface area contributed by atoms with Crippen LogP contribution < -0.4 is 10.1 Å². The molecule has 0 spiro atoms. The minimum Gasteiger partial charge on any atom is -0.490 e. The molecule has 96 valence electrons. The van der Waals surface area contributed by atoms with Crippen LogP contribution in [0.15, 0.2) is 18.2 Å². The lowest BCUT2D eigenvalue weighted by Gasteiger charge is -2.15. The van der Waals surface area contributed by atoms with Crippen molar-refractivity contribution in [1.29, 1.82) is 0 Å². The van der Waals surface area contributed by atoms with E-state index in [1.807, 2.05) is 6.92 Å². The van der Waals surface area contributed by atoms with Gasteiger partial charge in [-0.3, -0.25) is 0 Å². The Morgan fingerprint density at radius 2 is 2.18 bits per heavy atom. The largest absolute Gasteiger partial charge is 0.490 e. The fourth-order valence-electron chi connectivity index (χ4n) is 1.45. The number of halogens is 2. The van der Waals surface area contributed by atoms with E-state index in [2.05, 4.69) is 5.32 Å². The number of nitrogens with one attached hydrogen (secondary N) is 1. The normalized spacial score (nSPS) is 12.5. The van der Waals surface area contributed by atoms with Crippen LogP contribution in [0.4, 0.5) is 8.78 Å². The Bertz CT molecular complexity index is 347. The Morgan fingerprint density at radius 1 is 1.41 bits per heavy atom. The summed E-state index contributed by atoms with van der Waals surface area (Å²) in [5.41, 5.74) is 0. The molecule has 3 nitrogen and oxygen atoms in total. The third-order valence-electron chi connectivity index (χ3n) is 2.33. The van der Waals surface area contributed by atoms with Crippen molar-refractivity contribution < 1.29 is 18.6 Å². The smallest absolute Gasteiger partial charge is 0.167 e. The molecular formula is C12H17F2NO2. The first kappa shape index (κ1) is 13.9. The molecule has 1 rings (SSSR count). The Kier molecular flexibility index (Phi) is 5.86. The van der Waals surface area contributed by atoms with E-state index < -0.39 is 11.6 Å². The third-order valence-corrected chi connectivity index (χ3v) is 2.33. The van der Waals surface area contributed by atoms with Crippen molar-refractivity contribution >= 4 is 0 Å². The number of hydrogen-bond acceptors (Lipinski definition) is 3. The van der Waals surface area contributed by atoms with Gasteiger partial charge in [0, 0.05) is 12.1 Å². The summed E-state index contributed by atoms with van der Waals surface area (Å²) in [6.07, 6.45) is 0.557. The molecule has 17 heavy (non-hydrogen) atoms. The van der Waals surface area contributed by atoms with Crippen molar-refractivity contribution in [3.05, 3.63) is 29.8 Å². The Balaban J connectivity index is 2.39. The van der Waals surface area contributed by atoms with Crippen LogP contribution in [0.2, 0.25) is 0 Å². The van der Waals surface area contributed by atoms with E-state index in [-0.39, 0.29) is 25.0 Å². The lowest BCUT2D eigenvalue weighted by atomic mass is 10.2. The molecule has 1 aromatic rings. The van der Waals surface area contributed by atoms with Crippen molar-refractivity contribution in [1.82, 2.24) is 5.32 Å². The molecule has 1 atom stereocenters. The van der Waals surface area contributed by atoms with E-state index in [1.54, 1.807) is 0 Å². The number of likely N-dealkylation sites (N-methyl/N-ethyl adjacent to an activating group) is 1. The van der Waals surface area contributed by atoms with Crippen LogP contribution in [0.3, 0.4) is 0 Å². The highest BCUT2D eigenvalue weighted by molar-refractivity contribution is 5.24. The van der Waals surface area contributed by atoms with Gasteiger partial charge in [0.25, 0.3) is 0 Å². The predicted molar refractivity (Wildman–Crippen MR) is 61.0 cm³/mol. The van der Waals surface area contributed by atoms with E-state index in [4.69, 9.17) is 9.84 Å². The highest BCUT2D eigenvalue weighted by Gasteiger charge is 2.08. The van der Waals surface area contributed by atoms with Gasteiger partial charge in [0.2, 0.25) is 0 Å². The summed E-state index contributed by atoms with van der Waals surface area (Å²) in [6, 6.07) is 3.12. The second-order valence-corrected chi connectivity index (χ2v) is 3.65. The highest BCUT2D eigenvalue weighted by Crippen LogP contribution is 2.17. The number of aliphatic hydroxyl groups is 1. The SMILES string of the molecule is CCNC(CO)CCOc1ccc(F)cc1F. The molecule has 0 saturated carbocycles. The van der Waals surface area contributed by atoms with Gasteiger partial charge in [-0.1, -0.05) is 6.92 Å². The molecule has 1 aromatic carbocycles. The molecule has 0 aromatic heterocycles. The average molecular weight is 245 g/mol. The molecule has 0 aliphatic carbocycles. The first-order valence-electron chi connectivity index (χ1n) is 5.59. The molecule has 1 unspecified atom stereocenters. The molecule has 0 bridgehead atoms. The molecular weight excluding hydrogens is 228 g/mol. The Labute approximate surface area is 99.4 Å².